The smallest absolute Gasteiger partial charge is 0.104 e. The monoisotopic (exact) mass is 276 g/mol. The Balaban J connectivity index is 1.68. The van der Waals surface area contributed by atoms with Crippen molar-refractivity contribution in [2.24, 2.45) is 28.6 Å². The lowest BCUT2D eigenvalue weighted by Crippen LogP contribution is -2.49. The summed E-state index contributed by atoms with van der Waals surface area (Å²) in [5.41, 5.74) is 2.47. The highest BCUT2D eigenvalue weighted by atomic mass is 19.1. The van der Waals surface area contributed by atoms with Crippen molar-refractivity contribution in [1.29, 1.82) is 0 Å². The van der Waals surface area contributed by atoms with Gasteiger partial charge in [0.1, 0.15) is 6.17 Å². The fourth-order valence-corrected chi connectivity index (χ4v) is 6.61. The first-order valence-corrected chi connectivity index (χ1v) is 8.86. The maximum atomic E-state index is 13.8. The predicted octanol–water partition coefficient (Wildman–Crippen LogP) is 5.68. The van der Waals surface area contributed by atoms with Gasteiger partial charge in [0, 0.05) is 6.42 Å². The molecule has 0 aromatic heterocycles. The molecule has 0 nitrogen and oxygen atoms in total. The molecule has 0 aliphatic heterocycles. The third-order valence-corrected chi connectivity index (χ3v) is 7.82. The van der Waals surface area contributed by atoms with Crippen LogP contribution in [0.15, 0.2) is 11.6 Å². The van der Waals surface area contributed by atoms with E-state index in [0.717, 1.165) is 37.0 Å². The number of hydrogen-bond donors (Lipinski definition) is 0. The molecule has 20 heavy (non-hydrogen) atoms. The zero-order valence-corrected chi connectivity index (χ0v) is 13.1. The van der Waals surface area contributed by atoms with Crippen LogP contribution in [-0.2, 0) is 0 Å². The molecule has 3 fully saturated rings. The van der Waals surface area contributed by atoms with E-state index in [9.17, 15) is 4.39 Å². The molecule has 0 spiro atoms. The van der Waals surface area contributed by atoms with Gasteiger partial charge in [-0.1, -0.05) is 31.9 Å². The third kappa shape index (κ3) is 1.70. The molecule has 112 valence electrons. The first-order valence-electron chi connectivity index (χ1n) is 8.86. The topological polar surface area (TPSA) is 0 Å². The van der Waals surface area contributed by atoms with Crippen LogP contribution in [0, 0.1) is 28.6 Å². The number of alkyl halides is 1. The quantitative estimate of drug-likeness (QED) is 0.499. The molecule has 0 saturated heterocycles. The second-order valence-corrected chi connectivity index (χ2v) is 8.68. The standard InChI is InChI=1S/C19H29F/c1-18-9-3-4-16(18)15-6-5-13-12-14(20)7-11-19(13,2)17(15)8-10-18/h5,14-17H,3-4,6-12H2,1-2H3/t14-,15-,16-,17-,18-,19-/m0/s1. The van der Waals surface area contributed by atoms with Crippen LogP contribution in [0.4, 0.5) is 4.39 Å². The molecule has 4 aliphatic rings. The van der Waals surface area contributed by atoms with E-state index >= 15 is 0 Å². The van der Waals surface area contributed by atoms with Gasteiger partial charge in [-0.3, -0.25) is 0 Å². The Morgan fingerprint density at radius 3 is 2.75 bits per heavy atom. The Morgan fingerprint density at radius 2 is 1.90 bits per heavy atom. The molecule has 0 unspecified atom stereocenters. The molecule has 4 rings (SSSR count). The van der Waals surface area contributed by atoms with E-state index in [2.05, 4.69) is 19.9 Å². The second kappa shape index (κ2) is 4.34. The first kappa shape index (κ1) is 13.3. The van der Waals surface area contributed by atoms with Gasteiger partial charge in [-0.15, -0.1) is 0 Å². The fourth-order valence-electron chi connectivity index (χ4n) is 6.61. The van der Waals surface area contributed by atoms with Crippen LogP contribution in [-0.4, -0.2) is 6.17 Å². The van der Waals surface area contributed by atoms with Gasteiger partial charge in [0.15, 0.2) is 0 Å². The molecule has 1 heteroatoms. The van der Waals surface area contributed by atoms with Crippen molar-refractivity contribution < 1.29 is 4.39 Å². The zero-order chi connectivity index (χ0) is 14.0. The average Bonchev–Trinajstić information content (AvgIpc) is 2.81. The number of allylic oxidation sites excluding steroid dienone is 2. The van der Waals surface area contributed by atoms with Crippen molar-refractivity contribution in [1.82, 2.24) is 0 Å². The summed E-state index contributed by atoms with van der Waals surface area (Å²) in [6, 6.07) is 0. The average molecular weight is 276 g/mol. The molecule has 0 N–H and O–H groups in total. The van der Waals surface area contributed by atoms with Crippen LogP contribution in [0.3, 0.4) is 0 Å². The summed E-state index contributed by atoms with van der Waals surface area (Å²) in [5.74, 6) is 2.71. The number of halogens is 1. The van der Waals surface area contributed by atoms with Crippen molar-refractivity contribution in [3.05, 3.63) is 11.6 Å². The molecule has 0 bridgehead atoms. The molecule has 0 radical (unpaired) electrons. The molecular formula is C19H29F. The molecule has 0 aromatic carbocycles. The maximum absolute atomic E-state index is 13.8. The minimum Gasteiger partial charge on any atom is -0.247 e. The second-order valence-electron chi connectivity index (χ2n) is 8.68. The van der Waals surface area contributed by atoms with Crippen LogP contribution in [0.2, 0.25) is 0 Å². The van der Waals surface area contributed by atoms with Gasteiger partial charge < -0.3 is 0 Å². The van der Waals surface area contributed by atoms with E-state index in [-0.39, 0.29) is 0 Å². The lowest BCUT2D eigenvalue weighted by atomic mass is 9.48. The highest BCUT2D eigenvalue weighted by molar-refractivity contribution is 5.25. The van der Waals surface area contributed by atoms with E-state index in [4.69, 9.17) is 0 Å². The van der Waals surface area contributed by atoms with Gasteiger partial charge in [-0.2, -0.15) is 0 Å². The highest BCUT2D eigenvalue weighted by Crippen LogP contribution is 2.64. The molecule has 0 amide bonds. The van der Waals surface area contributed by atoms with Crippen LogP contribution in [0.5, 0.6) is 0 Å². The molecule has 3 saturated carbocycles. The third-order valence-electron chi connectivity index (χ3n) is 7.82. The van der Waals surface area contributed by atoms with Crippen LogP contribution in [0.25, 0.3) is 0 Å². The molecular weight excluding hydrogens is 247 g/mol. The minimum absolute atomic E-state index is 0.343. The summed E-state index contributed by atoms with van der Waals surface area (Å²) in [5, 5.41) is 0. The Labute approximate surface area is 123 Å². The summed E-state index contributed by atoms with van der Waals surface area (Å²) in [6.07, 6.45) is 13.0. The number of rotatable bonds is 0. The van der Waals surface area contributed by atoms with Gasteiger partial charge in [0.25, 0.3) is 0 Å². The zero-order valence-electron chi connectivity index (χ0n) is 13.1. The van der Waals surface area contributed by atoms with Crippen molar-refractivity contribution in [2.45, 2.75) is 77.8 Å². The Kier molecular flexibility index (Phi) is 2.89. The van der Waals surface area contributed by atoms with Crippen molar-refractivity contribution in [3.8, 4) is 0 Å². The van der Waals surface area contributed by atoms with Gasteiger partial charge in [0.2, 0.25) is 0 Å². The molecule has 6 atom stereocenters. The van der Waals surface area contributed by atoms with E-state index < -0.39 is 6.17 Å². The number of fused-ring (bicyclic) bond motifs is 5. The van der Waals surface area contributed by atoms with Crippen molar-refractivity contribution >= 4 is 0 Å². The Morgan fingerprint density at radius 1 is 1.05 bits per heavy atom. The van der Waals surface area contributed by atoms with E-state index in [1.807, 2.05) is 0 Å². The normalized spacial score (nSPS) is 54.6. The summed E-state index contributed by atoms with van der Waals surface area (Å²) in [4.78, 5) is 0. The minimum atomic E-state index is -0.564. The maximum Gasteiger partial charge on any atom is 0.104 e. The van der Waals surface area contributed by atoms with E-state index in [1.165, 1.54) is 44.1 Å². The summed E-state index contributed by atoms with van der Waals surface area (Å²) >= 11 is 0. The van der Waals surface area contributed by atoms with Gasteiger partial charge in [0.05, 0.1) is 0 Å². The van der Waals surface area contributed by atoms with Crippen molar-refractivity contribution in [2.75, 3.05) is 0 Å². The number of hydrogen-bond acceptors (Lipinski definition) is 0. The molecule has 4 aliphatic carbocycles. The fraction of sp³-hybridized carbons (Fsp3) is 0.895. The SMILES string of the molecule is C[C@@]12CCC[C@H]1[C@@H]1CC=C3C[C@@H](F)CC[C@]3(C)[C@H]1CC2. The Bertz CT molecular complexity index is 439. The highest BCUT2D eigenvalue weighted by Gasteiger charge is 2.55. The van der Waals surface area contributed by atoms with Crippen molar-refractivity contribution in [3.63, 3.8) is 0 Å². The van der Waals surface area contributed by atoms with Gasteiger partial charge >= 0.3 is 0 Å². The van der Waals surface area contributed by atoms with E-state index in [1.54, 1.807) is 0 Å². The lowest BCUT2D eigenvalue weighted by molar-refractivity contribution is -0.0303. The van der Waals surface area contributed by atoms with Crippen LogP contribution in [0.1, 0.15) is 71.6 Å². The van der Waals surface area contributed by atoms with Crippen LogP contribution < -0.4 is 0 Å². The summed E-state index contributed by atoms with van der Waals surface area (Å²) < 4.78 is 13.8. The summed E-state index contributed by atoms with van der Waals surface area (Å²) in [6.45, 7) is 5.03. The summed E-state index contributed by atoms with van der Waals surface area (Å²) in [7, 11) is 0. The molecule has 0 heterocycles. The predicted molar refractivity (Wildman–Crippen MR) is 81.2 cm³/mol. The van der Waals surface area contributed by atoms with Crippen LogP contribution >= 0.6 is 0 Å². The lowest BCUT2D eigenvalue weighted by Gasteiger charge is -2.57. The largest absolute Gasteiger partial charge is 0.247 e. The van der Waals surface area contributed by atoms with Gasteiger partial charge in [-0.05, 0) is 73.5 Å². The van der Waals surface area contributed by atoms with E-state index in [0.29, 0.717) is 10.8 Å². The first-order chi connectivity index (χ1) is 9.53. The Hall–Kier alpha value is -0.330. The van der Waals surface area contributed by atoms with Gasteiger partial charge in [-0.25, -0.2) is 4.39 Å². The molecule has 0 aromatic rings.